The van der Waals surface area contributed by atoms with Crippen LogP contribution in [0.4, 0.5) is 0 Å². The second-order valence-electron chi connectivity index (χ2n) is 9.34. The fraction of sp³-hybridized carbons (Fsp3) is 0.950. The van der Waals surface area contributed by atoms with Gasteiger partial charge in [0, 0.05) is 5.92 Å². The van der Waals surface area contributed by atoms with Gasteiger partial charge in [-0.15, -0.1) is 0 Å². The molecule has 0 aromatic rings. The van der Waals surface area contributed by atoms with Crippen molar-refractivity contribution in [3.8, 4) is 0 Å². The summed E-state index contributed by atoms with van der Waals surface area (Å²) in [7, 11) is 0. The van der Waals surface area contributed by atoms with Crippen LogP contribution in [-0.4, -0.2) is 11.6 Å². The summed E-state index contributed by atoms with van der Waals surface area (Å²) in [5.41, 5.74) is -0.460. The van der Waals surface area contributed by atoms with Crippen LogP contribution in [0.25, 0.3) is 0 Å². The molecule has 7 atom stereocenters. The molecule has 2 nitrogen and oxygen atoms in total. The molecular formula is C20H32O2. The monoisotopic (exact) mass is 304 g/mol. The van der Waals surface area contributed by atoms with Crippen LogP contribution in [0.2, 0.25) is 0 Å². The fourth-order valence-electron chi connectivity index (χ4n) is 6.76. The van der Waals surface area contributed by atoms with E-state index in [1.807, 2.05) is 13.8 Å². The van der Waals surface area contributed by atoms with Crippen molar-refractivity contribution in [1.29, 1.82) is 0 Å². The minimum atomic E-state index is -0.335. The molecule has 0 aromatic heterocycles. The van der Waals surface area contributed by atoms with E-state index in [0.29, 0.717) is 5.92 Å². The predicted octanol–water partition coefficient (Wildman–Crippen LogP) is 4.82. The largest absolute Gasteiger partial charge is 0.458 e. The number of hydrogen-bond acceptors (Lipinski definition) is 2. The third-order valence-corrected chi connectivity index (χ3v) is 8.23. The smallest absolute Gasteiger partial charge is 0.312 e. The maximum absolute atomic E-state index is 12.7. The van der Waals surface area contributed by atoms with Crippen molar-refractivity contribution in [3.05, 3.63) is 0 Å². The van der Waals surface area contributed by atoms with Crippen molar-refractivity contribution in [2.45, 2.75) is 78.2 Å². The summed E-state index contributed by atoms with van der Waals surface area (Å²) in [5.74, 6) is 5.40. The van der Waals surface area contributed by atoms with Crippen LogP contribution in [-0.2, 0) is 9.53 Å². The molecule has 4 aliphatic carbocycles. The lowest BCUT2D eigenvalue weighted by Gasteiger charge is -2.46. The Bertz CT molecular complexity index is 482. The Kier molecular flexibility index (Phi) is 3.24. The van der Waals surface area contributed by atoms with Crippen LogP contribution >= 0.6 is 0 Å². The van der Waals surface area contributed by atoms with E-state index in [1.54, 1.807) is 0 Å². The van der Waals surface area contributed by atoms with Crippen molar-refractivity contribution in [2.75, 3.05) is 0 Å². The van der Waals surface area contributed by atoms with Gasteiger partial charge in [0.05, 0.1) is 5.41 Å². The molecule has 0 aromatic carbocycles. The van der Waals surface area contributed by atoms with Gasteiger partial charge >= 0.3 is 5.97 Å². The Morgan fingerprint density at radius 1 is 1.09 bits per heavy atom. The first-order valence-corrected chi connectivity index (χ1v) is 9.65. The van der Waals surface area contributed by atoms with Crippen molar-refractivity contribution in [1.82, 2.24) is 0 Å². The molecule has 22 heavy (non-hydrogen) atoms. The number of carbonyl (C=O) groups is 1. The summed E-state index contributed by atoms with van der Waals surface area (Å²) >= 11 is 0. The molecule has 0 N–H and O–H groups in total. The van der Waals surface area contributed by atoms with E-state index in [4.69, 9.17) is 4.74 Å². The van der Waals surface area contributed by atoms with E-state index in [-0.39, 0.29) is 17.0 Å². The van der Waals surface area contributed by atoms with Gasteiger partial charge in [-0.2, -0.15) is 0 Å². The molecule has 0 heterocycles. The molecule has 0 radical (unpaired) electrons. The van der Waals surface area contributed by atoms with Crippen LogP contribution in [0, 0.1) is 40.9 Å². The van der Waals surface area contributed by atoms with Gasteiger partial charge in [0.25, 0.3) is 0 Å². The highest BCUT2D eigenvalue weighted by Crippen LogP contribution is 2.70. The maximum Gasteiger partial charge on any atom is 0.312 e. The normalized spacial score (nSPS) is 48.7. The summed E-state index contributed by atoms with van der Waals surface area (Å²) in [6, 6.07) is 0. The molecule has 4 bridgehead atoms. The quantitative estimate of drug-likeness (QED) is 0.550. The fourth-order valence-corrected chi connectivity index (χ4v) is 6.76. The van der Waals surface area contributed by atoms with Gasteiger partial charge in [0.1, 0.15) is 5.60 Å². The minimum Gasteiger partial charge on any atom is -0.458 e. The molecule has 4 aliphatic rings. The Balaban J connectivity index is 1.58. The van der Waals surface area contributed by atoms with Gasteiger partial charge < -0.3 is 4.74 Å². The molecule has 4 saturated carbocycles. The third-order valence-electron chi connectivity index (χ3n) is 8.23. The SMILES string of the molecule is CCC(C)(C)C(=O)O[C@]1(CC)CC2CC1C1C3CCC(C3)C21. The highest BCUT2D eigenvalue weighted by atomic mass is 16.6. The molecule has 0 aliphatic heterocycles. The van der Waals surface area contributed by atoms with Crippen molar-refractivity contribution in [3.63, 3.8) is 0 Å². The second-order valence-corrected chi connectivity index (χ2v) is 9.34. The van der Waals surface area contributed by atoms with E-state index < -0.39 is 0 Å². The van der Waals surface area contributed by atoms with E-state index in [9.17, 15) is 4.79 Å². The molecule has 0 spiro atoms. The number of hydrogen-bond donors (Lipinski definition) is 0. The molecule has 4 fully saturated rings. The lowest BCUT2D eigenvalue weighted by Crippen LogP contribution is -2.49. The molecule has 4 rings (SSSR count). The number of carbonyl (C=O) groups excluding carboxylic acids is 1. The first-order valence-electron chi connectivity index (χ1n) is 9.65. The van der Waals surface area contributed by atoms with E-state index in [1.165, 1.54) is 25.7 Å². The van der Waals surface area contributed by atoms with Gasteiger partial charge in [0.15, 0.2) is 0 Å². The zero-order valence-corrected chi connectivity index (χ0v) is 14.7. The van der Waals surface area contributed by atoms with Crippen LogP contribution in [0.1, 0.15) is 72.6 Å². The van der Waals surface area contributed by atoms with Gasteiger partial charge in [-0.05, 0) is 88.4 Å². The Hall–Kier alpha value is -0.530. The molecule has 6 unspecified atom stereocenters. The van der Waals surface area contributed by atoms with Gasteiger partial charge in [-0.1, -0.05) is 13.8 Å². The second kappa shape index (κ2) is 4.74. The lowest BCUT2D eigenvalue weighted by molar-refractivity contribution is -0.183. The Morgan fingerprint density at radius 2 is 1.77 bits per heavy atom. The summed E-state index contributed by atoms with van der Waals surface area (Å²) in [4.78, 5) is 12.7. The van der Waals surface area contributed by atoms with E-state index in [2.05, 4.69) is 13.8 Å². The topological polar surface area (TPSA) is 26.3 Å². The predicted molar refractivity (Wildman–Crippen MR) is 87.2 cm³/mol. The average molecular weight is 304 g/mol. The first kappa shape index (κ1) is 15.0. The number of rotatable bonds is 4. The van der Waals surface area contributed by atoms with E-state index in [0.717, 1.165) is 48.9 Å². The average Bonchev–Trinajstić information content (AvgIpc) is 3.24. The third kappa shape index (κ3) is 1.82. The maximum atomic E-state index is 12.7. The summed E-state index contributed by atoms with van der Waals surface area (Å²) in [5, 5.41) is 0. The Morgan fingerprint density at radius 3 is 2.41 bits per heavy atom. The molecule has 2 heteroatoms. The standard InChI is InChI=1S/C20H32O2/c1-5-19(3,4)18(21)22-20(6-2)11-14-10-15(20)17-13-8-7-12(9-13)16(14)17/h12-17H,5-11H2,1-4H3/t12?,13?,14?,15?,16?,17?,20-/m1/s1. The van der Waals surface area contributed by atoms with Crippen LogP contribution in [0.15, 0.2) is 0 Å². The molecule has 0 amide bonds. The zero-order chi connectivity index (χ0) is 15.7. The van der Waals surface area contributed by atoms with Crippen LogP contribution in [0.5, 0.6) is 0 Å². The van der Waals surface area contributed by atoms with Crippen LogP contribution in [0.3, 0.4) is 0 Å². The summed E-state index contributed by atoms with van der Waals surface area (Å²) in [6.07, 6.45) is 8.79. The lowest BCUT2D eigenvalue weighted by atomic mass is 9.65. The molecular weight excluding hydrogens is 272 g/mol. The van der Waals surface area contributed by atoms with Crippen molar-refractivity contribution >= 4 is 5.97 Å². The zero-order valence-electron chi connectivity index (χ0n) is 14.7. The van der Waals surface area contributed by atoms with Crippen LogP contribution < -0.4 is 0 Å². The minimum absolute atomic E-state index is 0.0455. The highest BCUT2D eigenvalue weighted by Gasteiger charge is 2.67. The van der Waals surface area contributed by atoms with Gasteiger partial charge in [0.2, 0.25) is 0 Å². The summed E-state index contributed by atoms with van der Waals surface area (Å²) < 4.78 is 6.31. The highest BCUT2D eigenvalue weighted by molar-refractivity contribution is 5.76. The first-order chi connectivity index (χ1) is 10.4. The van der Waals surface area contributed by atoms with Crippen molar-refractivity contribution < 1.29 is 9.53 Å². The molecule has 124 valence electrons. The van der Waals surface area contributed by atoms with E-state index >= 15 is 0 Å². The summed E-state index contributed by atoms with van der Waals surface area (Å²) in [6.45, 7) is 8.40. The van der Waals surface area contributed by atoms with Gasteiger partial charge in [-0.25, -0.2) is 0 Å². The Labute approximate surface area is 135 Å². The number of fused-ring (bicyclic) bond motifs is 9. The number of ether oxygens (including phenoxy) is 1. The van der Waals surface area contributed by atoms with Crippen molar-refractivity contribution in [2.24, 2.45) is 40.9 Å². The molecule has 0 saturated heterocycles. The van der Waals surface area contributed by atoms with Gasteiger partial charge in [-0.3, -0.25) is 4.79 Å². The number of esters is 1.